The molecule has 1 N–H and O–H groups in total. The summed E-state index contributed by atoms with van der Waals surface area (Å²) in [6, 6.07) is 13.6. The molecule has 0 bridgehead atoms. The van der Waals surface area contributed by atoms with Gasteiger partial charge in [-0.3, -0.25) is 0 Å². The Balaban J connectivity index is 1.58. The standard InChI is InChI=1S/C23H27NO2/c1-16-4-5-19(14-17(16)2)12-13-24-22-10-8-20-15-18(6-9-21(20)22)7-11-23(25)26-3/h4-7,9,11,14-15,22,24H,8,10,12-13H2,1-3H3. The average molecular weight is 349 g/mol. The van der Waals surface area contributed by atoms with Crippen LogP contribution in [-0.2, 0) is 22.4 Å². The summed E-state index contributed by atoms with van der Waals surface area (Å²) in [4.78, 5) is 11.2. The zero-order chi connectivity index (χ0) is 18.5. The first-order valence-corrected chi connectivity index (χ1v) is 9.25. The lowest BCUT2D eigenvalue weighted by Gasteiger charge is -2.14. The second kappa shape index (κ2) is 8.33. The lowest BCUT2D eigenvalue weighted by atomic mass is 10.0. The number of rotatable bonds is 6. The van der Waals surface area contributed by atoms with Gasteiger partial charge in [0.05, 0.1) is 7.11 Å². The Morgan fingerprint density at radius 3 is 2.81 bits per heavy atom. The molecule has 2 aromatic carbocycles. The summed E-state index contributed by atoms with van der Waals surface area (Å²) in [5, 5.41) is 3.71. The highest BCUT2D eigenvalue weighted by Crippen LogP contribution is 2.32. The van der Waals surface area contributed by atoms with E-state index in [2.05, 4.69) is 60.3 Å². The highest BCUT2D eigenvalue weighted by molar-refractivity contribution is 5.86. The fourth-order valence-corrected chi connectivity index (χ4v) is 3.54. The Morgan fingerprint density at radius 1 is 1.19 bits per heavy atom. The first-order chi connectivity index (χ1) is 12.6. The molecule has 0 saturated carbocycles. The minimum absolute atomic E-state index is 0.323. The highest BCUT2D eigenvalue weighted by atomic mass is 16.5. The van der Waals surface area contributed by atoms with Gasteiger partial charge in [0.25, 0.3) is 0 Å². The lowest BCUT2D eigenvalue weighted by molar-refractivity contribution is -0.134. The topological polar surface area (TPSA) is 38.3 Å². The third-order valence-corrected chi connectivity index (χ3v) is 5.23. The molecular weight excluding hydrogens is 322 g/mol. The van der Waals surface area contributed by atoms with Crippen molar-refractivity contribution in [1.82, 2.24) is 5.32 Å². The van der Waals surface area contributed by atoms with Crippen molar-refractivity contribution in [2.75, 3.05) is 13.7 Å². The van der Waals surface area contributed by atoms with Crippen LogP contribution in [0.3, 0.4) is 0 Å². The second-order valence-corrected chi connectivity index (χ2v) is 7.03. The van der Waals surface area contributed by atoms with Gasteiger partial charge in [-0.25, -0.2) is 4.79 Å². The van der Waals surface area contributed by atoms with Gasteiger partial charge in [-0.2, -0.15) is 0 Å². The van der Waals surface area contributed by atoms with Crippen LogP contribution in [0.25, 0.3) is 6.08 Å². The highest BCUT2D eigenvalue weighted by Gasteiger charge is 2.21. The Morgan fingerprint density at radius 2 is 2.04 bits per heavy atom. The van der Waals surface area contributed by atoms with Crippen LogP contribution in [-0.4, -0.2) is 19.6 Å². The molecule has 0 aromatic heterocycles. The van der Waals surface area contributed by atoms with Crippen LogP contribution in [0.1, 0.15) is 45.8 Å². The van der Waals surface area contributed by atoms with E-state index < -0.39 is 0 Å². The average Bonchev–Trinajstić information content (AvgIpc) is 3.05. The predicted molar refractivity (Wildman–Crippen MR) is 106 cm³/mol. The number of aryl methyl sites for hydroxylation is 3. The molecule has 1 atom stereocenters. The van der Waals surface area contributed by atoms with Crippen LogP contribution in [0.2, 0.25) is 0 Å². The van der Waals surface area contributed by atoms with Gasteiger partial charge < -0.3 is 10.1 Å². The monoisotopic (exact) mass is 349 g/mol. The number of methoxy groups -OCH3 is 1. The molecule has 26 heavy (non-hydrogen) atoms. The Hall–Kier alpha value is -2.39. The molecule has 0 saturated heterocycles. The van der Waals surface area contributed by atoms with Gasteiger partial charge in [-0.1, -0.05) is 36.4 Å². The van der Waals surface area contributed by atoms with Gasteiger partial charge in [0.2, 0.25) is 0 Å². The van der Waals surface area contributed by atoms with Crippen LogP contribution >= 0.6 is 0 Å². The van der Waals surface area contributed by atoms with Crippen LogP contribution in [0.5, 0.6) is 0 Å². The molecule has 1 unspecified atom stereocenters. The van der Waals surface area contributed by atoms with E-state index in [1.54, 1.807) is 0 Å². The van der Waals surface area contributed by atoms with Crippen molar-refractivity contribution < 1.29 is 9.53 Å². The van der Waals surface area contributed by atoms with Gasteiger partial charge in [-0.15, -0.1) is 0 Å². The quantitative estimate of drug-likeness (QED) is 0.624. The maximum absolute atomic E-state index is 11.2. The zero-order valence-corrected chi connectivity index (χ0v) is 15.8. The van der Waals surface area contributed by atoms with Crippen LogP contribution in [0.4, 0.5) is 0 Å². The summed E-state index contributed by atoms with van der Waals surface area (Å²) >= 11 is 0. The SMILES string of the molecule is COC(=O)C=Cc1ccc2c(c1)CCC2NCCc1ccc(C)c(C)c1. The van der Waals surface area contributed by atoms with Crippen molar-refractivity contribution in [3.63, 3.8) is 0 Å². The molecule has 0 fully saturated rings. The van der Waals surface area contributed by atoms with E-state index in [1.165, 1.54) is 41.0 Å². The number of hydrogen-bond acceptors (Lipinski definition) is 3. The molecule has 0 aliphatic heterocycles. The largest absolute Gasteiger partial charge is 0.466 e. The molecule has 1 aliphatic carbocycles. The summed E-state index contributed by atoms with van der Waals surface area (Å²) in [6.45, 7) is 5.31. The minimum Gasteiger partial charge on any atom is -0.466 e. The molecule has 1 aliphatic rings. The van der Waals surface area contributed by atoms with E-state index in [0.29, 0.717) is 6.04 Å². The lowest BCUT2D eigenvalue weighted by Crippen LogP contribution is -2.21. The molecule has 3 heteroatoms. The first-order valence-electron chi connectivity index (χ1n) is 9.25. The van der Waals surface area contributed by atoms with Crippen molar-refractivity contribution in [2.45, 2.75) is 39.2 Å². The molecule has 3 rings (SSSR count). The number of hydrogen-bond donors (Lipinski definition) is 1. The summed E-state index contributed by atoms with van der Waals surface area (Å²) < 4.78 is 4.64. The number of esters is 1. The number of ether oxygens (including phenoxy) is 1. The zero-order valence-electron chi connectivity index (χ0n) is 15.8. The maximum atomic E-state index is 11.2. The van der Waals surface area contributed by atoms with Gasteiger partial charge in [-0.05, 0) is 79.1 Å². The molecule has 2 aromatic rings. The summed E-state index contributed by atoms with van der Waals surface area (Å²) in [7, 11) is 1.39. The van der Waals surface area contributed by atoms with E-state index in [9.17, 15) is 4.79 Å². The smallest absolute Gasteiger partial charge is 0.330 e. The van der Waals surface area contributed by atoms with Gasteiger partial charge >= 0.3 is 5.97 Å². The molecule has 0 heterocycles. The van der Waals surface area contributed by atoms with Crippen molar-refractivity contribution in [3.8, 4) is 0 Å². The van der Waals surface area contributed by atoms with E-state index in [-0.39, 0.29) is 5.97 Å². The fourth-order valence-electron chi connectivity index (χ4n) is 3.54. The van der Waals surface area contributed by atoms with Crippen LogP contribution < -0.4 is 5.32 Å². The number of carbonyl (C=O) groups excluding carboxylic acids is 1. The van der Waals surface area contributed by atoms with Gasteiger partial charge in [0.15, 0.2) is 0 Å². The number of benzene rings is 2. The van der Waals surface area contributed by atoms with Crippen molar-refractivity contribution in [3.05, 3.63) is 75.9 Å². The fraction of sp³-hybridized carbons (Fsp3) is 0.348. The molecule has 0 radical (unpaired) electrons. The summed E-state index contributed by atoms with van der Waals surface area (Å²) in [5.74, 6) is -0.323. The molecule has 0 amide bonds. The minimum atomic E-state index is -0.323. The number of carbonyl (C=O) groups is 1. The summed E-state index contributed by atoms with van der Waals surface area (Å²) in [6.07, 6.45) is 6.54. The third kappa shape index (κ3) is 4.41. The van der Waals surface area contributed by atoms with E-state index >= 15 is 0 Å². The Labute approximate surface area is 156 Å². The molecule has 136 valence electrons. The van der Waals surface area contributed by atoms with Crippen LogP contribution in [0, 0.1) is 13.8 Å². The third-order valence-electron chi connectivity index (χ3n) is 5.23. The van der Waals surface area contributed by atoms with Crippen molar-refractivity contribution in [1.29, 1.82) is 0 Å². The van der Waals surface area contributed by atoms with Gasteiger partial charge in [0.1, 0.15) is 0 Å². The van der Waals surface area contributed by atoms with E-state index in [0.717, 1.165) is 31.4 Å². The Bertz CT molecular complexity index is 823. The molecule has 0 spiro atoms. The first kappa shape index (κ1) is 18.4. The molecule has 3 nitrogen and oxygen atoms in total. The van der Waals surface area contributed by atoms with Crippen molar-refractivity contribution >= 4 is 12.0 Å². The van der Waals surface area contributed by atoms with Crippen LogP contribution in [0.15, 0.2) is 42.5 Å². The van der Waals surface area contributed by atoms with E-state index in [4.69, 9.17) is 0 Å². The molecular formula is C23H27NO2. The number of nitrogens with one attached hydrogen (secondary N) is 1. The van der Waals surface area contributed by atoms with E-state index in [1.807, 2.05) is 6.08 Å². The maximum Gasteiger partial charge on any atom is 0.330 e. The normalized spacial score (nSPS) is 16.0. The summed E-state index contributed by atoms with van der Waals surface area (Å²) in [5.41, 5.74) is 7.91. The van der Waals surface area contributed by atoms with Crippen molar-refractivity contribution in [2.24, 2.45) is 0 Å². The second-order valence-electron chi connectivity index (χ2n) is 7.03. The number of fused-ring (bicyclic) bond motifs is 1. The van der Waals surface area contributed by atoms with Gasteiger partial charge in [0, 0.05) is 12.1 Å². The predicted octanol–water partition coefficient (Wildman–Crippen LogP) is 4.31. The Kier molecular flexibility index (Phi) is 5.89.